The molecule has 1 atom stereocenters. The van der Waals surface area contributed by atoms with Gasteiger partial charge in [0, 0.05) is 17.6 Å². The molecule has 1 unspecified atom stereocenters. The maximum Gasteiger partial charge on any atom is 0.234 e. The molecular weight excluding hydrogens is 260 g/mol. The third-order valence-electron chi connectivity index (χ3n) is 3.82. The number of nitrogens with zero attached hydrogens (tertiary/aromatic N) is 3. The highest BCUT2D eigenvalue weighted by molar-refractivity contribution is 7.09. The Labute approximate surface area is 116 Å². The van der Waals surface area contributed by atoms with Crippen LogP contribution in [-0.4, -0.2) is 28.2 Å². The molecule has 5 nitrogen and oxygen atoms in total. The number of nitrogens with one attached hydrogen (secondary N) is 1. The summed E-state index contributed by atoms with van der Waals surface area (Å²) in [5.74, 6) is 1.52. The molecule has 6 heteroatoms. The average Bonchev–Trinajstić information content (AvgIpc) is 3.11. The van der Waals surface area contributed by atoms with E-state index in [1.165, 1.54) is 0 Å². The van der Waals surface area contributed by atoms with Crippen molar-refractivity contribution in [2.75, 3.05) is 13.1 Å². The van der Waals surface area contributed by atoms with Gasteiger partial charge in [0.25, 0.3) is 0 Å². The van der Waals surface area contributed by atoms with Gasteiger partial charge < -0.3 is 9.84 Å². The summed E-state index contributed by atoms with van der Waals surface area (Å²) >= 11 is 1.65. The highest BCUT2D eigenvalue weighted by Gasteiger charge is 2.39. The summed E-state index contributed by atoms with van der Waals surface area (Å²) in [7, 11) is 0. The fourth-order valence-corrected chi connectivity index (χ4v) is 3.31. The van der Waals surface area contributed by atoms with E-state index in [4.69, 9.17) is 4.52 Å². The fourth-order valence-electron chi connectivity index (χ4n) is 2.54. The van der Waals surface area contributed by atoms with Crippen molar-refractivity contribution >= 4 is 11.3 Å². The lowest BCUT2D eigenvalue weighted by atomic mass is 9.84. The third kappa shape index (κ3) is 2.42. The van der Waals surface area contributed by atoms with E-state index in [1.807, 2.05) is 12.3 Å². The second-order valence-electron chi connectivity index (χ2n) is 5.14. The molecule has 0 saturated carbocycles. The Morgan fingerprint density at radius 1 is 1.47 bits per heavy atom. The summed E-state index contributed by atoms with van der Waals surface area (Å²) in [6.45, 7) is 6.14. The number of aryl methyl sites for hydroxylation is 1. The lowest BCUT2D eigenvalue weighted by Gasteiger charge is -2.20. The summed E-state index contributed by atoms with van der Waals surface area (Å²) in [6.07, 6.45) is 2.76. The van der Waals surface area contributed by atoms with E-state index in [-0.39, 0.29) is 5.41 Å². The van der Waals surface area contributed by atoms with Gasteiger partial charge in [0.05, 0.1) is 11.8 Å². The zero-order valence-electron chi connectivity index (χ0n) is 11.3. The summed E-state index contributed by atoms with van der Waals surface area (Å²) < 4.78 is 5.50. The number of thiazole rings is 1. The van der Waals surface area contributed by atoms with Gasteiger partial charge in [-0.3, -0.25) is 0 Å². The molecule has 2 aromatic heterocycles. The average molecular weight is 278 g/mol. The normalized spacial score (nSPS) is 23.1. The highest BCUT2D eigenvalue weighted by atomic mass is 32.1. The molecule has 1 fully saturated rings. The van der Waals surface area contributed by atoms with E-state index in [2.05, 4.69) is 27.4 Å². The minimum atomic E-state index is 0.0318. The second-order valence-corrected chi connectivity index (χ2v) is 6.08. The van der Waals surface area contributed by atoms with Crippen LogP contribution in [0.3, 0.4) is 0 Å². The first-order chi connectivity index (χ1) is 9.22. The number of hydrogen-bond donors (Lipinski definition) is 1. The van der Waals surface area contributed by atoms with Crippen LogP contribution in [0.15, 0.2) is 9.90 Å². The first kappa shape index (κ1) is 12.7. The van der Waals surface area contributed by atoms with Crippen molar-refractivity contribution in [3.05, 3.63) is 27.8 Å². The topological polar surface area (TPSA) is 63.8 Å². The van der Waals surface area contributed by atoms with Gasteiger partial charge in [-0.15, -0.1) is 11.3 Å². The molecule has 1 aliphatic rings. The lowest BCUT2D eigenvalue weighted by molar-refractivity contribution is 0.283. The molecular formula is C13H18N4OS. The van der Waals surface area contributed by atoms with E-state index < -0.39 is 0 Å². The Balaban J connectivity index is 1.79. The SMILES string of the molecule is CCC1(c2nc(Cc3nc(C)cs3)no2)CCNC1. The molecule has 0 amide bonds. The Morgan fingerprint density at radius 2 is 2.37 bits per heavy atom. The van der Waals surface area contributed by atoms with Gasteiger partial charge in [-0.25, -0.2) is 4.98 Å². The first-order valence-corrected chi connectivity index (χ1v) is 7.54. The molecule has 1 saturated heterocycles. The van der Waals surface area contributed by atoms with Crippen molar-refractivity contribution in [3.8, 4) is 0 Å². The Kier molecular flexibility index (Phi) is 3.36. The van der Waals surface area contributed by atoms with Crippen molar-refractivity contribution < 1.29 is 4.52 Å². The Hall–Kier alpha value is -1.27. The van der Waals surface area contributed by atoms with Crippen LogP contribution in [0.4, 0.5) is 0 Å². The quantitative estimate of drug-likeness (QED) is 0.927. The van der Waals surface area contributed by atoms with Gasteiger partial charge in [0.2, 0.25) is 5.89 Å². The van der Waals surface area contributed by atoms with Gasteiger partial charge in [-0.05, 0) is 26.3 Å². The standard InChI is InChI=1S/C13H18N4OS/c1-3-13(4-5-14-8-13)12-16-10(17-18-12)6-11-15-9(2)7-19-11/h7,14H,3-6,8H2,1-2H3. The van der Waals surface area contributed by atoms with Gasteiger partial charge in [-0.1, -0.05) is 12.1 Å². The van der Waals surface area contributed by atoms with Crippen LogP contribution >= 0.6 is 11.3 Å². The second kappa shape index (κ2) is 5.02. The number of aromatic nitrogens is 3. The molecule has 3 heterocycles. The summed E-state index contributed by atoms with van der Waals surface area (Å²) in [6, 6.07) is 0. The number of hydrogen-bond acceptors (Lipinski definition) is 6. The third-order valence-corrected chi connectivity index (χ3v) is 4.78. The van der Waals surface area contributed by atoms with Crippen molar-refractivity contribution in [1.82, 2.24) is 20.4 Å². The minimum Gasteiger partial charge on any atom is -0.339 e. The van der Waals surface area contributed by atoms with Gasteiger partial charge in [0.15, 0.2) is 5.82 Å². The highest BCUT2D eigenvalue weighted by Crippen LogP contribution is 2.32. The smallest absolute Gasteiger partial charge is 0.234 e. The summed E-state index contributed by atoms with van der Waals surface area (Å²) in [5.41, 5.74) is 1.08. The summed E-state index contributed by atoms with van der Waals surface area (Å²) in [4.78, 5) is 9.02. The molecule has 0 radical (unpaired) electrons. The monoisotopic (exact) mass is 278 g/mol. The molecule has 0 aromatic carbocycles. The van der Waals surface area contributed by atoms with Crippen molar-refractivity contribution in [3.63, 3.8) is 0 Å². The molecule has 19 heavy (non-hydrogen) atoms. The van der Waals surface area contributed by atoms with E-state index in [0.717, 1.165) is 48.3 Å². The minimum absolute atomic E-state index is 0.0318. The van der Waals surface area contributed by atoms with Crippen LogP contribution in [0.2, 0.25) is 0 Å². The molecule has 1 N–H and O–H groups in total. The zero-order valence-corrected chi connectivity index (χ0v) is 12.1. The zero-order chi connectivity index (χ0) is 13.3. The van der Waals surface area contributed by atoms with Crippen LogP contribution in [0.1, 0.15) is 42.2 Å². The molecule has 1 aliphatic heterocycles. The van der Waals surface area contributed by atoms with Gasteiger partial charge in [0.1, 0.15) is 5.01 Å². The van der Waals surface area contributed by atoms with Crippen LogP contribution in [-0.2, 0) is 11.8 Å². The van der Waals surface area contributed by atoms with Gasteiger partial charge >= 0.3 is 0 Å². The molecule has 2 aromatic rings. The Bertz CT molecular complexity index is 556. The predicted octanol–water partition coefficient (Wildman–Crippen LogP) is 2.07. The lowest BCUT2D eigenvalue weighted by Crippen LogP contribution is -2.28. The van der Waals surface area contributed by atoms with E-state index in [9.17, 15) is 0 Å². The van der Waals surface area contributed by atoms with Crippen molar-refractivity contribution in [1.29, 1.82) is 0 Å². The molecule has 0 spiro atoms. The van der Waals surface area contributed by atoms with E-state index >= 15 is 0 Å². The maximum atomic E-state index is 5.50. The molecule has 102 valence electrons. The van der Waals surface area contributed by atoms with Gasteiger partial charge in [-0.2, -0.15) is 4.98 Å². The van der Waals surface area contributed by atoms with Crippen molar-refractivity contribution in [2.45, 2.75) is 38.5 Å². The maximum absolute atomic E-state index is 5.50. The van der Waals surface area contributed by atoms with E-state index in [0.29, 0.717) is 6.42 Å². The largest absolute Gasteiger partial charge is 0.339 e. The first-order valence-electron chi connectivity index (χ1n) is 6.67. The van der Waals surface area contributed by atoms with Crippen LogP contribution in [0.25, 0.3) is 0 Å². The summed E-state index contributed by atoms with van der Waals surface area (Å²) in [5, 5.41) is 10.6. The molecule has 0 aliphatic carbocycles. The van der Waals surface area contributed by atoms with E-state index in [1.54, 1.807) is 11.3 Å². The Morgan fingerprint density at radius 3 is 3.00 bits per heavy atom. The predicted molar refractivity (Wildman–Crippen MR) is 73.4 cm³/mol. The number of rotatable bonds is 4. The molecule has 3 rings (SSSR count). The van der Waals surface area contributed by atoms with Crippen LogP contribution in [0, 0.1) is 6.92 Å². The molecule has 0 bridgehead atoms. The fraction of sp³-hybridized carbons (Fsp3) is 0.615. The van der Waals surface area contributed by atoms with Crippen LogP contribution in [0.5, 0.6) is 0 Å². The van der Waals surface area contributed by atoms with Crippen molar-refractivity contribution in [2.24, 2.45) is 0 Å². The van der Waals surface area contributed by atoms with Crippen LogP contribution < -0.4 is 5.32 Å².